The van der Waals surface area contributed by atoms with E-state index in [0.29, 0.717) is 6.61 Å². The molecule has 1 amide bonds. The zero-order valence-corrected chi connectivity index (χ0v) is 17.0. The maximum absolute atomic E-state index is 12.4. The summed E-state index contributed by atoms with van der Waals surface area (Å²) in [6.45, 7) is 9.95. The fourth-order valence-corrected chi connectivity index (χ4v) is 2.88. The molecule has 0 fully saturated rings. The van der Waals surface area contributed by atoms with E-state index in [1.165, 1.54) is 6.08 Å². The van der Waals surface area contributed by atoms with Crippen LogP contribution in [0, 0.1) is 20.8 Å². The van der Waals surface area contributed by atoms with Crippen molar-refractivity contribution in [2.75, 3.05) is 11.9 Å². The van der Waals surface area contributed by atoms with Gasteiger partial charge < -0.3 is 14.8 Å². The van der Waals surface area contributed by atoms with Gasteiger partial charge in [0.15, 0.2) is 6.10 Å². The first-order chi connectivity index (χ1) is 13.3. The number of hydrogen-bond donors (Lipinski definition) is 1. The number of nitrogens with one attached hydrogen (secondary N) is 1. The summed E-state index contributed by atoms with van der Waals surface area (Å²) in [7, 11) is 0. The smallest absolute Gasteiger partial charge is 0.331 e. The summed E-state index contributed by atoms with van der Waals surface area (Å²) >= 11 is 0. The van der Waals surface area contributed by atoms with Gasteiger partial charge in [0, 0.05) is 11.8 Å². The molecule has 148 valence electrons. The largest absolute Gasteiger partial charge is 0.494 e. The number of carbonyl (C=O) groups excluding carboxylic acids is 2. The van der Waals surface area contributed by atoms with Crippen molar-refractivity contribution in [3.05, 3.63) is 64.7 Å². The Labute approximate surface area is 166 Å². The summed E-state index contributed by atoms with van der Waals surface area (Å²) < 4.78 is 10.6. The molecular weight excluding hydrogens is 354 g/mol. The number of benzene rings is 2. The van der Waals surface area contributed by atoms with E-state index in [1.807, 2.05) is 64.1 Å². The lowest BCUT2D eigenvalue weighted by Crippen LogP contribution is -2.30. The van der Waals surface area contributed by atoms with Crippen LogP contribution in [0.25, 0.3) is 6.08 Å². The quantitative estimate of drug-likeness (QED) is 0.563. The van der Waals surface area contributed by atoms with Crippen molar-refractivity contribution in [2.24, 2.45) is 0 Å². The van der Waals surface area contributed by atoms with Gasteiger partial charge in [0.05, 0.1) is 6.61 Å². The number of amides is 1. The van der Waals surface area contributed by atoms with Crippen molar-refractivity contribution in [2.45, 2.75) is 40.7 Å². The average molecular weight is 381 g/mol. The minimum atomic E-state index is -0.905. The van der Waals surface area contributed by atoms with E-state index in [-0.39, 0.29) is 5.91 Å². The Balaban J connectivity index is 1.93. The number of anilines is 1. The molecule has 0 aliphatic heterocycles. The molecule has 1 atom stereocenters. The summed E-state index contributed by atoms with van der Waals surface area (Å²) in [5, 5.41) is 2.85. The molecular formula is C23H27NO4. The Morgan fingerprint density at radius 1 is 1.07 bits per heavy atom. The normalized spacial score (nSPS) is 11.9. The molecule has 0 aliphatic carbocycles. The molecule has 1 N–H and O–H groups in total. The van der Waals surface area contributed by atoms with Crippen molar-refractivity contribution in [3.63, 3.8) is 0 Å². The lowest BCUT2D eigenvalue weighted by molar-refractivity contribution is -0.148. The van der Waals surface area contributed by atoms with E-state index in [2.05, 4.69) is 5.32 Å². The van der Waals surface area contributed by atoms with E-state index in [0.717, 1.165) is 33.7 Å². The first kappa shape index (κ1) is 21.2. The molecule has 0 aromatic heterocycles. The number of esters is 1. The molecule has 2 aromatic carbocycles. The maximum Gasteiger partial charge on any atom is 0.331 e. The molecule has 0 spiro atoms. The summed E-state index contributed by atoms with van der Waals surface area (Å²) in [4.78, 5) is 24.4. The standard InChI is InChI=1S/C23H27NO4/c1-6-27-20-10-7-19(8-11-20)9-12-21(25)28-18(5)23(26)24-22-16(3)13-15(2)14-17(22)4/h7-14,18H,6H2,1-5H3,(H,24,26)/b12-9+. The third-order valence-corrected chi connectivity index (χ3v) is 4.19. The number of hydrogen-bond acceptors (Lipinski definition) is 4. The molecule has 2 aromatic rings. The lowest BCUT2D eigenvalue weighted by atomic mass is 10.0. The van der Waals surface area contributed by atoms with Crippen LogP contribution in [0.15, 0.2) is 42.5 Å². The summed E-state index contributed by atoms with van der Waals surface area (Å²) in [6, 6.07) is 11.3. The Kier molecular flexibility index (Phi) is 7.38. The Bertz CT molecular complexity index is 846. The van der Waals surface area contributed by atoms with Crippen LogP contribution in [0.3, 0.4) is 0 Å². The van der Waals surface area contributed by atoms with E-state index in [1.54, 1.807) is 13.0 Å². The second-order valence-electron chi connectivity index (χ2n) is 6.68. The van der Waals surface area contributed by atoms with Crippen LogP contribution in [0.5, 0.6) is 5.75 Å². The van der Waals surface area contributed by atoms with Crippen LogP contribution >= 0.6 is 0 Å². The lowest BCUT2D eigenvalue weighted by Gasteiger charge is -2.16. The van der Waals surface area contributed by atoms with Gasteiger partial charge in [-0.05, 0) is 69.5 Å². The first-order valence-corrected chi connectivity index (χ1v) is 9.30. The van der Waals surface area contributed by atoms with Crippen LogP contribution in [0.4, 0.5) is 5.69 Å². The SMILES string of the molecule is CCOc1ccc(/C=C/C(=O)OC(C)C(=O)Nc2c(C)cc(C)cc2C)cc1. The second kappa shape index (κ2) is 9.74. The molecule has 2 rings (SSSR count). The first-order valence-electron chi connectivity index (χ1n) is 9.30. The predicted octanol–water partition coefficient (Wildman–Crippen LogP) is 4.59. The van der Waals surface area contributed by atoms with Crippen LogP contribution in [0.2, 0.25) is 0 Å². The van der Waals surface area contributed by atoms with Crippen LogP contribution in [0.1, 0.15) is 36.1 Å². The monoisotopic (exact) mass is 381 g/mol. The zero-order chi connectivity index (χ0) is 20.7. The van der Waals surface area contributed by atoms with Crippen molar-refractivity contribution in [3.8, 4) is 5.75 Å². The summed E-state index contributed by atoms with van der Waals surface area (Å²) in [5.74, 6) is -0.166. The number of ether oxygens (including phenoxy) is 2. The van der Waals surface area contributed by atoms with Gasteiger partial charge in [-0.1, -0.05) is 29.8 Å². The number of carbonyl (C=O) groups is 2. The molecule has 1 unspecified atom stereocenters. The van der Waals surface area contributed by atoms with Crippen molar-refractivity contribution in [1.82, 2.24) is 0 Å². The molecule has 0 aliphatic rings. The van der Waals surface area contributed by atoms with Gasteiger partial charge in [-0.15, -0.1) is 0 Å². The third kappa shape index (κ3) is 5.98. The van der Waals surface area contributed by atoms with Crippen molar-refractivity contribution >= 4 is 23.6 Å². The molecule has 0 heterocycles. The molecule has 5 nitrogen and oxygen atoms in total. The zero-order valence-electron chi connectivity index (χ0n) is 17.0. The minimum Gasteiger partial charge on any atom is -0.494 e. The Hall–Kier alpha value is -3.08. The minimum absolute atomic E-state index is 0.363. The van der Waals surface area contributed by atoms with E-state index in [9.17, 15) is 9.59 Å². The second-order valence-corrected chi connectivity index (χ2v) is 6.68. The van der Waals surface area contributed by atoms with Gasteiger partial charge in [0.25, 0.3) is 5.91 Å². The van der Waals surface area contributed by atoms with Gasteiger partial charge in [0.1, 0.15) is 5.75 Å². The fraction of sp³-hybridized carbons (Fsp3) is 0.304. The molecule has 0 bridgehead atoms. The van der Waals surface area contributed by atoms with Crippen LogP contribution in [-0.4, -0.2) is 24.6 Å². The Morgan fingerprint density at radius 2 is 1.68 bits per heavy atom. The molecule has 0 saturated heterocycles. The highest BCUT2D eigenvalue weighted by Crippen LogP contribution is 2.22. The number of aryl methyl sites for hydroxylation is 3. The highest BCUT2D eigenvalue weighted by atomic mass is 16.5. The van der Waals surface area contributed by atoms with Crippen molar-refractivity contribution < 1.29 is 19.1 Å². The highest BCUT2D eigenvalue weighted by Gasteiger charge is 2.18. The maximum atomic E-state index is 12.4. The molecule has 0 radical (unpaired) electrons. The topological polar surface area (TPSA) is 64.6 Å². The van der Waals surface area contributed by atoms with E-state index >= 15 is 0 Å². The van der Waals surface area contributed by atoms with Gasteiger partial charge in [0.2, 0.25) is 0 Å². The Morgan fingerprint density at radius 3 is 2.25 bits per heavy atom. The summed E-state index contributed by atoms with van der Waals surface area (Å²) in [5.41, 5.74) is 4.67. The van der Waals surface area contributed by atoms with Crippen LogP contribution in [-0.2, 0) is 14.3 Å². The van der Waals surface area contributed by atoms with Gasteiger partial charge in [-0.3, -0.25) is 4.79 Å². The van der Waals surface area contributed by atoms with Crippen LogP contribution < -0.4 is 10.1 Å². The van der Waals surface area contributed by atoms with Gasteiger partial charge in [-0.2, -0.15) is 0 Å². The highest BCUT2D eigenvalue weighted by molar-refractivity contribution is 5.97. The molecule has 5 heteroatoms. The summed E-state index contributed by atoms with van der Waals surface area (Å²) in [6.07, 6.45) is 2.04. The molecule has 28 heavy (non-hydrogen) atoms. The number of rotatable bonds is 7. The van der Waals surface area contributed by atoms with E-state index < -0.39 is 12.1 Å². The predicted molar refractivity (Wildman–Crippen MR) is 111 cm³/mol. The molecule has 0 saturated carbocycles. The third-order valence-electron chi connectivity index (χ3n) is 4.19. The van der Waals surface area contributed by atoms with Gasteiger partial charge >= 0.3 is 5.97 Å². The van der Waals surface area contributed by atoms with Crippen molar-refractivity contribution in [1.29, 1.82) is 0 Å². The fourth-order valence-electron chi connectivity index (χ4n) is 2.88. The van der Waals surface area contributed by atoms with E-state index in [4.69, 9.17) is 9.47 Å². The average Bonchev–Trinajstić information content (AvgIpc) is 2.64. The van der Waals surface area contributed by atoms with Gasteiger partial charge in [-0.25, -0.2) is 4.79 Å².